The van der Waals surface area contributed by atoms with E-state index >= 15 is 0 Å². The molecule has 6 heteroatoms. The molecule has 0 aromatic carbocycles. The highest BCUT2D eigenvalue weighted by molar-refractivity contribution is 6.28. The number of nitrogens with one attached hydrogen (secondary N) is 1. The summed E-state index contributed by atoms with van der Waals surface area (Å²) in [6, 6.07) is 1.83. The van der Waals surface area contributed by atoms with Gasteiger partial charge in [0.15, 0.2) is 5.78 Å². The number of hydrogen-bond acceptors (Lipinski definition) is 3. The van der Waals surface area contributed by atoms with Gasteiger partial charge in [0.1, 0.15) is 0 Å². The van der Waals surface area contributed by atoms with Crippen molar-refractivity contribution in [2.24, 2.45) is 0 Å². The van der Waals surface area contributed by atoms with Crippen LogP contribution in [0.5, 0.6) is 0 Å². The number of carbonyl (C=O) groups is 2. The number of pyridine rings is 1. The van der Waals surface area contributed by atoms with E-state index in [4.69, 9.17) is 11.6 Å². The van der Waals surface area contributed by atoms with Gasteiger partial charge in [0.25, 0.3) is 5.91 Å². The first-order chi connectivity index (χ1) is 9.58. The van der Waals surface area contributed by atoms with Crippen LogP contribution in [0.2, 0.25) is 0 Å². The minimum atomic E-state index is -0.655. The SMILES string of the molecule is CCCCC[C@H](NC(=O)c1ccc(F)nc1)C(=O)CCl. The van der Waals surface area contributed by atoms with E-state index in [1.54, 1.807) is 0 Å². The molecule has 0 aliphatic heterocycles. The topological polar surface area (TPSA) is 59.1 Å². The monoisotopic (exact) mass is 300 g/mol. The summed E-state index contributed by atoms with van der Waals surface area (Å²) in [6.45, 7) is 2.06. The van der Waals surface area contributed by atoms with Gasteiger partial charge < -0.3 is 5.32 Å². The molecule has 0 unspecified atom stereocenters. The second kappa shape index (κ2) is 8.64. The van der Waals surface area contributed by atoms with Crippen LogP contribution in [-0.4, -0.2) is 28.6 Å². The lowest BCUT2D eigenvalue weighted by Gasteiger charge is -2.16. The highest BCUT2D eigenvalue weighted by atomic mass is 35.5. The second-order valence-electron chi connectivity index (χ2n) is 4.49. The minimum absolute atomic E-state index is 0.140. The molecule has 0 radical (unpaired) electrons. The van der Waals surface area contributed by atoms with Crippen LogP contribution in [0.15, 0.2) is 18.3 Å². The predicted octanol–water partition coefficient (Wildman–Crippen LogP) is 2.71. The quantitative estimate of drug-likeness (QED) is 0.456. The third-order valence-electron chi connectivity index (χ3n) is 2.91. The van der Waals surface area contributed by atoms with Gasteiger partial charge in [-0.3, -0.25) is 9.59 Å². The van der Waals surface area contributed by atoms with E-state index in [1.807, 2.05) is 0 Å². The van der Waals surface area contributed by atoms with Gasteiger partial charge in [-0.05, 0) is 18.6 Å². The molecule has 4 nitrogen and oxygen atoms in total. The van der Waals surface area contributed by atoms with Crippen molar-refractivity contribution >= 4 is 23.3 Å². The van der Waals surface area contributed by atoms with Crippen LogP contribution < -0.4 is 5.32 Å². The highest BCUT2D eigenvalue weighted by Crippen LogP contribution is 2.07. The summed E-state index contributed by atoms with van der Waals surface area (Å²) >= 11 is 5.55. The number of amides is 1. The van der Waals surface area contributed by atoms with Gasteiger partial charge in [-0.25, -0.2) is 4.98 Å². The molecule has 1 rings (SSSR count). The smallest absolute Gasteiger partial charge is 0.253 e. The van der Waals surface area contributed by atoms with E-state index in [0.29, 0.717) is 6.42 Å². The molecule has 0 spiro atoms. The number of unbranched alkanes of at least 4 members (excludes halogenated alkanes) is 2. The lowest BCUT2D eigenvalue weighted by molar-refractivity contribution is -0.118. The zero-order valence-corrected chi connectivity index (χ0v) is 12.1. The van der Waals surface area contributed by atoms with Crippen molar-refractivity contribution in [1.29, 1.82) is 0 Å². The maximum atomic E-state index is 12.7. The number of hydrogen-bond donors (Lipinski definition) is 1. The van der Waals surface area contributed by atoms with Gasteiger partial charge in [0.05, 0.1) is 17.5 Å². The number of nitrogens with zero attached hydrogens (tertiary/aromatic N) is 1. The summed E-state index contributed by atoms with van der Waals surface area (Å²) in [6.07, 6.45) is 4.54. The molecule has 1 aromatic heterocycles. The fraction of sp³-hybridized carbons (Fsp3) is 0.500. The van der Waals surface area contributed by atoms with Crippen LogP contribution in [0.3, 0.4) is 0 Å². The molecule has 1 atom stereocenters. The molecule has 1 amide bonds. The number of aromatic nitrogens is 1. The maximum absolute atomic E-state index is 12.7. The van der Waals surface area contributed by atoms with Gasteiger partial charge in [-0.15, -0.1) is 11.6 Å². The molecule has 1 aromatic rings. The summed E-state index contributed by atoms with van der Waals surface area (Å²) in [5, 5.41) is 2.63. The van der Waals surface area contributed by atoms with Crippen LogP contribution in [0, 0.1) is 5.95 Å². The van der Waals surface area contributed by atoms with Crippen molar-refractivity contribution < 1.29 is 14.0 Å². The van der Waals surface area contributed by atoms with Gasteiger partial charge in [-0.1, -0.05) is 26.2 Å². The molecule has 20 heavy (non-hydrogen) atoms. The van der Waals surface area contributed by atoms with Crippen molar-refractivity contribution in [2.75, 3.05) is 5.88 Å². The molecule has 0 aliphatic rings. The molecular formula is C14H18ClFN2O2. The van der Waals surface area contributed by atoms with Crippen molar-refractivity contribution in [3.63, 3.8) is 0 Å². The first kappa shape index (κ1) is 16.6. The van der Waals surface area contributed by atoms with E-state index in [9.17, 15) is 14.0 Å². The Morgan fingerprint density at radius 1 is 1.40 bits per heavy atom. The third-order valence-corrected chi connectivity index (χ3v) is 3.18. The average Bonchev–Trinajstić information content (AvgIpc) is 2.46. The molecule has 0 saturated carbocycles. The van der Waals surface area contributed by atoms with Crippen LogP contribution >= 0.6 is 11.6 Å². The lowest BCUT2D eigenvalue weighted by atomic mass is 10.0. The van der Waals surface area contributed by atoms with Gasteiger partial charge in [-0.2, -0.15) is 4.39 Å². The fourth-order valence-electron chi connectivity index (χ4n) is 1.76. The Kier molecular flexibility index (Phi) is 7.15. The predicted molar refractivity (Wildman–Crippen MR) is 75.3 cm³/mol. The van der Waals surface area contributed by atoms with Crippen molar-refractivity contribution in [3.05, 3.63) is 29.8 Å². The van der Waals surface area contributed by atoms with E-state index in [1.165, 1.54) is 6.07 Å². The van der Waals surface area contributed by atoms with E-state index < -0.39 is 17.9 Å². The Bertz CT molecular complexity index is 451. The summed E-state index contributed by atoms with van der Waals surface area (Å²) in [5.41, 5.74) is 0.217. The number of ketones is 1. The Morgan fingerprint density at radius 3 is 2.70 bits per heavy atom. The first-order valence-electron chi connectivity index (χ1n) is 6.59. The Labute approximate surface area is 122 Å². The molecule has 0 bridgehead atoms. The lowest BCUT2D eigenvalue weighted by Crippen LogP contribution is -2.41. The average molecular weight is 301 g/mol. The minimum Gasteiger partial charge on any atom is -0.342 e. The Balaban J connectivity index is 2.65. The first-order valence-corrected chi connectivity index (χ1v) is 7.13. The zero-order chi connectivity index (χ0) is 15.0. The summed E-state index contributed by atoms with van der Waals surface area (Å²) in [4.78, 5) is 27.1. The summed E-state index contributed by atoms with van der Waals surface area (Å²) < 4.78 is 12.7. The van der Waals surface area contributed by atoms with Crippen LogP contribution in [0.4, 0.5) is 4.39 Å². The summed E-state index contributed by atoms with van der Waals surface area (Å²) in [7, 11) is 0. The molecule has 110 valence electrons. The largest absolute Gasteiger partial charge is 0.342 e. The van der Waals surface area contributed by atoms with Gasteiger partial charge in [0, 0.05) is 6.20 Å². The van der Waals surface area contributed by atoms with E-state index in [0.717, 1.165) is 31.5 Å². The number of carbonyl (C=O) groups excluding carboxylic acids is 2. The molecule has 0 fully saturated rings. The van der Waals surface area contributed by atoms with Crippen molar-refractivity contribution in [3.8, 4) is 0 Å². The molecular weight excluding hydrogens is 283 g/mol. The maximum Gasteiger partial charge on any atom is 0.253 e. The number of Topliss-reactive ketones (excluding diaryl/α,β-unsaturated/α-hetero) is 1. The van der Waals surface area contributed by atoms with Crippen molar-refractivity contribution in [1.82, 2.24) is 10.3 Å². The van der Waals surface area contributed by atoms with Crippen molar-refractivity contribution in [2.45, 2.75) is 38.6 Å². The number of halogens is 2. The molecule has 1 heterocycles. The number of alkyl halides is 1. The molecule has 0 saturated heterocycles. The van der Waals surface area contributed by atoms with Gasteiger partial charge >= 0.3 is 0 Å². The van der Waals surface area contributed by atoms with Crippen LogP contribution in [0.25, 0.3) is 0 Å². The number of rotatable bonds is 8. The fourth-order valence-corrected chi connectivity index (χ4v) is 1.94. The second-order valence-corrected chi connectivity index (χ2v) is 4.76. The van der Waals surface area contributed by atoms with Gasteiger partial charge in [0.2, 0.25) is 5.95 Å². The summed E-state index contributed by atoms with van der Waals surface area (Å²) in [5.74, 6) is -1.46. The molecule has 1 N–H and O–H groups in total. The third kappa shape index (κ3) is 5.25. The molecule has 0 aliphatic carbocycles. The highest BCUT2D eigenvalue weighted by Gasteiger charge is 2.20. The van der Waals surface area contributed by atoms with E-state index in [2.05, 4.69) is 17.2 Å². The zero-order valence-electron chi connectivity index (χ0n) is 11.4. The Morgan fingerprint density at radius 2 is 2.15 bits per heavy atom. The Hall–Kier alpha value is -1.49. The van der Waals surface area contributed by atoms with E-state index in [-0.39, 0.29) is 17.2 Å². The normalized spacial score (nSPS) is 11.9. The van der Waals surface area contributed by atoms with Crippen LogP contribution in [-0.2, 0) is 4.79 Å². The van der Waals surface area contributed by atoms with Crippen LogP contribution in [0.1, 0.15) is 43.0 Å². The standard InChI is InChI=1S/C14H18ClFN2O2/c1-2-3-4-5-11(12(19)8-15)18-14(20)10-6-7-13(16)17-9-10/h6-7,9,11H,2-5,8H2,1H3,(H,18,20)/t11-/m0/s1.